The Hall–Kier alpha value is -1.91. The normalized spacial score (nSPS) is 9.40. The van der Waals surface area contributed by atoms with Crippen molar-refractivity contribution in [2.45, 2.75) is 6.42 Å². The lowest BCUT2D eigenvalue weighted by atomic mass is 10.2. The number of rotatable bonds is 4. The van der Waals surface area contributed by atoms with Gasteiger partial charge in [0.1, 0.15) is 6.54 Å². The van der Waals surface area contributed by atoms with Gasteiger partial charge >= 0.3 is 5.97 Å². The van der Waals surface area contributed by atoms with E-state index in [0.29, 0.717) is 5.69 Å². The smallest absolute Gasteiger partial charge is 0.325 e. The lowest BCUT2D eigenvalue weighted by Gasteiger charge is -2.02. The van der Waals surface area contributed by atoms with E-state index in [4.69, 9.17) is 0 Å². The zero-order valence-electron chi connectivity index (χ0n) is 8.40. The third-order valence-corrected chi connectivity index (χ3v) is 1.73. The number of hydrogen-bond donors (Lipinski definition) is 1. The number of carbonyl (C=O) groups excluding carboxylic acids is 2. The molecule has 0 radical (unpaired) electrons. The van der Waals surface area contributed by atoms with Crippen LogP contribution in [0.5, 0.6) is 0 Å². The fourth-order valence-electron chi connectivity index (χ4n) is 0.973. The molecular formula is C10H12N2O3. The Morgan fingerprint density at radius 2 is 2.27 bits per heavy atom. The van der Waals surface area contributed by atoms with Crippen molar-refractivity contribution in [3.63, 3.8) is 0 Å². The van der Waals surface area contributed by atoms with E-state index in [0.717, 1.165) is 0 Å². The van der Waals surface area contributed by atoms with E-state index in [2.05, 4.69) is 15.0 Å². The van der Waals surface area contributed by atoms with E-state index >= 15 is 0 Å². The Bertz CT molecular complexity index is 338. The fourth-order valence-corrected chi connectivity index (χ4v) is 0.973. The second-order valence-electron chi connectivity index (χ2n) is 2.85. The summed E-state index contributed by atoms with van der Waals surface area (Å²) in [5.41, 5.74) is 0.667. The molecule has 0 atom stereocenters. The van der Waals surface area contributed by atoms with Crippen molar-refractivity contribution < 1.29 is 14.3 Å². The summed E-state index contributed by atoms with van der Waals surface area (Å²) in [7, 11) is 1.27. The van der Waals surface area contributed by atoms with Gasteiger partial charge in [-0.05, 0) is 12.1 Å². The topological polar surface area (TPSA) is 68.3 Å². The lowest BCUT2D eigenvalue weighted by Crippen LogP contribution is -2.31. The molecule has 1 amide bonds. The minimum absolute atomic E-state index is 0.109. The highest BCUT2D eigenvalue weighted by Crippen LogP contribution is 1.93. The van der Waals surface area contributed by atoms with Crippen LogP contribution in [0.25, 0.3) is 0 Å². The number of hydrogen-bond acceptors (Lipinski definition) is 4. The molecule has 5 nitrogen and oxygen atoms in total. The van der Waals surface area contributed by atoms with Crippen LogP contribution in [0.15, 0.2) is 24.4 Å². The van der Waals surface area contributed by atoms with Crippen molar-refractivity contribution in [3.05, 3.63) is 30.1 Å². The van der Waals surface area contributed by atoms with Crippen LogP contribution in [0, 0.1) is 0 Å². The number of amides is 1. The minimum Gasteiger partial charge on any atom is -0.468 e. The first-order valence-corrected chi connectivity index (χ1v) is 4.46. The van der Waals surface area contributed by atoms with Crippen LogP contribution in [0.2, 0.25) is 0 Å². The molecule has 0 aliphatic rings. The van der Waals surface area contributed by atoms with Gasteiger partial charge in [-0.25, -0.2) is 0 Å². The number of aromatic nitrogens is 1. The molecule has 0 unspecified atom stereocenters. The van der Waals surface area contributed by atoms with Crippen molar-refractivity contribution in [3.8, 4) is 0 Å². The van der Waals surface area contributed by atoms with Crippen molar-refractivity contribution in [1.82, 2.24) is 10.3 Å². The molecule has 1 N–H and O–H groups in total. The molecule has 0 spiro atoms. The molecule has 5 heteroatoms. The first-order valence-electron chi connectivity index (χ1n) is 4.46. The summed E-state index contributed by atoms with van der Waals surface area (Å²) in [5, 5.41) is 2.43. The number of methoxy groups -OCH3 is 1. The number of carbonyl (C=O) groups is 2. The van der Waals surface area contributed by atoms with Gasteiger partial charge in [0.25, 0.3) is 0 Å². The third-order valence-electron chi connectivity index (χ3n) is 1.73. The quantitative estimate of drug-likeness (QED) is 0.702. The summed E-state index contributed by atoms with van der Waals surface area (Å²) in [6.07, 6.45) is 1.78. The summed E-state index contributed by atoms with van der Waals surface area (Å²) in [4.78, 5) is 26.0. The molecule has 0 fully saturated rings. The van der Waals surface area contributed by atoms with Gasteiger partial charge in [-0.1, -0.05) is 6.07 Å². The highest BCUT2D eigenvalue weighted by Gasteiger charge is 2.06. The van der Waals surface area contributed by atoms with Crippen LogP contribution in [0.4, 0.5) is 0 Å². The molecule has 0 aliphatic carbocycles. The highest BCUT2D eigenvalue weighted by atomic mass is 16.5. The molecular weight excluding hydrogens is 196 g/mol. The van der Waals surface area contributed by atoms with Gasteiger partial charge in [0.15, 0.2) is 0 Å². The SMILES string of the molecule is COC(=O)CNC(=O)Cc1ccccn1. The molecule has 80 valence electrons. The predicted octanol–water partition coefficient (Wildman–Crippen LogP) is -0.0867. The number of nitrogens with one attached hydrogen (secondary N) is 1. The standard InChI is InChI=1S/C10H12N2O3/c1-15-10(14)7-12-9(13)6-8-4-2-3-5-11-8/h2-5H,6-7H2,1H3,(H,12,13). The van der Waals surface area contributed by atoms with Crippen molar-refractivity contribution >= 4 is 11.9 Å². The molecule has 0 aromatic carbocycles. The second-order valence-corrected chi connectivity index (χ2v) is 2.85. The first kappa shape index (κ1) is 11.2. The van der Waals surface area contributed by atoms with Gasteiger partial charge in [0, 0.05) is 11.9 Å². The summed E-state index contributed by atoms with van der Waals surface area (Å²) < 4.78 is 4.38. The Morgan fingerprint density at radius 1 is 1.47 bits per heavy atom. The zero-order valence-corrected chi connectivity index (χ0v) is 8.40. The van der Waals surface area contributed by atoms with E-state index in [-0.39, 0.29) is 18.9 Å². The number of ether oxygens (including phenoxy) is 1. The molecule has 0 aliphatic heterocycles. The van der Waals surface area contributed by atoms with Crippen molar-refractivity contribution in [1.29, 1.82) is 0 Å². The Balaban J connectivity index is 2.34. The Labute approximate surface area is 87.5 Å². The van der Waals surface area contributed by atoms with Gasteiger partial charge < -0.3 is 10.1 Å². The summed E-state index contributed by atoms with van der Waals surface area (Å²) in [6.45, 7) is -0.109. The van der Waals surface area contributed by atoms with Crippen LogP contribution >= 0.6 is 0 Å². The van der Waals surface area contributed by atoms with E-state index in [9.17, 15) is 9.59 Å². The van der Waals surface area contributed by atoms with Crippen LogP contribution in [0.3, 0.4) is 0 Å². The largest absolute Gasteiger partial charge is 0.468 e. The van der Waals surface area contributed by atoms with Crippen LogP contribution < -0.4 is 5.32 Å². The van der Waals surface area contributed by atoms with Crippen LogP contribution in [0.1, 0.15) is 5.69 Å². The summed E-state index contributed by atoms with van der Waals surface area (Å²) in [5.74, 6) is -0.719. The minimum atomic E-state index is -0.468. The maximum absolute atomic E-state index is 11.3. The van der Waals surface area contributed by atoms with Gasteiger partial charge in [-0.3, -0.25) is 14.6 Å². The monoisotopic (exact) mass is 208 g/mol. The van der Waals surface area contributed by atoms with Gasteiger partial charge in [-0.2, -0.15) is 0 Å². The molecule has 1 aromatic heterocycles. The lowest BCUT2D eigenvalue weighted by molar-refractivity contribution is -0.141. The second kappa shape index (κ2) is 5.74. The van der Waals surface area contributed by atoms with Crippen LogP contribution in [-0.4, -0.2) is 30.5 Å². The zero-order chi connectivity index (χ0) is 11.1. The van der Waals surface area contributed by atoms with E-state index in [1.807, 2.05) is 0 Å². The predicted molar refractivity (Wildman–Crippen MR) is 53.0 cm³/mol. The van der Waals surface area contributed by atoms with E-state index < -0.39 is 5.97 Å². The van der Waals surface area contributed by atoms with E-state index in [1.165, 1.54) is 7.11 Å². The highest BCUT2D eigenvalue weighted by molar-refractivity contribution is 5.83. The molecule has 1 aromatic rings. The Kier molecular flexibility index (Phi) is 4.28. The number of pyridine rings is 1. The van der Waals surface area contributed by atoms with E-state index in [1.54, 1.807) is 24.4 Å². The van der Waals surface area contributed by atoms with Gasteiger partial charge in [-0.15, -0.1) is 0 Å². The van der Waals surface area contributed by atoms with Crippen LogP contribution in [-0.2, 0) is 20.7 Å². The van der Waals surface area contributed by atoms with Gasteiger partial charge in [0.05, 0.1) is 13.5 Å². The molecule has 1 heterocycles. The fraction of sp³-hybridized carbons (Fsp3) is 0.300. The summed E-state index contributed by atoms with van der Waals surface area (Å²) >= 11 is 0. The molecule has 0 bridgehead atoms. The molecule has 1 rings (SSSR count). The first-order chi connectivity index (χ1) is 7.22. The molecule has 0 saturated heterocycles. The average molecular weight is 208 g/mol. The maximum Gasteiger partial charge on any atom is 0.325 e. The molecule has 15 heavy (non-hydrogen) atoms. The molecule has 0 saturated carbocycles. The number of esters is 1. The third kappa shape index (κ3) is 4.21. The van der Waals surface area contributed by atoms with Crippen molar-refractivity contribution in [2.75, 3.05) is 13.7 Å². The van der Waals surface area contributed by atoms with Gasteiger partial charge in [0.2, 0.25) is 5.91 Å². The maximum atomic E-state index is 11.3. The average Bonchev–Trinajstić information content (AvgIpc) is 2.27. The number of nitrogens with zero attached hydrogens (tertiary/aromatic N) is 1. The van der Waals surface area contributed by atoms with Crippen molar-refractivity contribution in [2.24, 2.45) is 0 Å². The summed E-state index contributed by atoms with van der Waals surface area (Å²) in [6, 6.07) is 5.32. The Morgan fingerprint density at radius 3 is 2.87 bits per heavy atom.